The number of aryl methyl sites for hydroxylation is 2. The van der Waals surface area contributed by atoms with Crippen LogP contribution in [0.1, 0.15) is 24.0 Å². The summed E-state index contributed by atoms with van der Waals surface area (Å²) in [6.45, 7) is 0. The minimum atomic E-state index is -3.19. The molecule has 0 bridgehead atoms. The van der Waals surface area contributed by atoms with E-state index in [-0.39, 0.29) is 23.1 Å². The topological polar surface area (TPSA) is 34.1 Å². The Hall–Kier alpha value is -1.75. The Morgan fingerprint density at radius 3 is 1.48 bits per heavy atom. The monoisotopic (exact) mass is 338 g/mol. The summed E-state index contributed by atoms with van der Waals surface area (Å²) in [5.41, 5.74) is 1.07. The van der Waals surface area contributed by atoms with Gasteiger partial charge < -0.3 is 0 Å². The summed E-state index contributed by atoms with van der Waals surface area (Å²) in [5.74, 6) is -0.550. The zero-order chi connectivity index (χ0) is 16.7. The number of sulfone groups is 1. The Labute approximate surface area is 136 Å². The maximum absolute atomic E-state index is 13.5. The van der Waals surface area contributed by atoms with Crippen molar-refractivity contribution in [3.05, 3.63) is 71.3 Å². The average molecular weight is 338 g/mol. The molecule has 0 aliphatic rings. The molecule has 0 fully saturated rings. The highest BCUT2D eigenvalue weighted by molar-refractivity contribution is 7.91. The molecule has 2 aromatic rings. The van der Waals surface area contributed by atoms with Gasteiger partial charge in [0.25, 0.3) is 0 Å². The highest BCUT2D eigenvalue weighted by atomic mass is 32.2. The molecule has 0 saturated heterocycles. The van der Waals surface area contributed by atoms with Crippen molar-refractivity contribution in [3.8, 4) is 0 Å². The normalized spacial score (nSPS) is 11.6. The summed E-state index contributed by atoms with van der Waals surface area (Å²) >= 11 is 0. The van der Waals surface area contributed by atoms with Crippen molar-refractivity contribution in [2.45, 2.75) is 25.7 Å². The molecular weight excluding hydrogens is 318 g/mol. The maximum Gasteiger partial charge on any atom is 0.150 e. The van der Waals surface area contributed by atoms with E-state index in [1.54, 1.807) is 36.4 Å². The Kier molecular flexibility index (Phi) is 6.28. The van der Waals surface area contributed by atoms with Gasteiger partial charge in [-0.3, -0.25) is 0 Å². The minimum Gasteiger partial charge on any atom is -0.229 e. The first-order valence-corrected chi connectivity index (χ1v) is 9.47. The first-order valence-electron chi connectivity index (χ1n) is 7.65. The zero-order valence-corrected chi connectivity index (χ0v) is 13.7. The van der Waals surface area contributed by atoms with Crippen LogP contribution in [0.2, 0.25) is 0 Å². The maximum atomic E-state index is 13.5. The lowest BCUT2D eigenvalue weighted by molar-refractivity contribution is 0.583. The highest BCUT2D eigenvalue weighted by Gasteiger charge is 2.12. The van der Waals surface area contributed by atoms with E-state index in [1.807, 2.05) is 0 Å². The fourth-order valence-corrected chi connectivity index (χ4v) is 3.84. The standard InChI is InChI=1S/C18H20F2O2S/c19-17-11-3-1-7-15(17)9-5-13-23(21,22)14-6-10-16-8-2-4-12-18(16)20/h1-4,7-8,11-12H,5-6,9-10,13-14H2. The van der Waals surface area contributed by atoms with Gasteiger partial charge in [-0.15, -0.1) is 0 Å². The lowest BCUT2D eigenvalue weighted by Crippen LogP contribution is -2.13. The molecule has 0 atom stereocenters. The predicted octanol–water partition coefficient (Wildman–Crippen LogP) is 3.95. The lowest BCUT2D eigenvalue weighted by Gasteiger charge is -2.06. The molecule has 23 heavy (non-hydrogen) atoms. The SMILES string of the molecule is O=S(=O)(CCCc1ccccc1F)CCCc1ccccc1F. The van der Waals surface area contributed by atoms with Crippen LogP contribution < -0.4 is 0 Å². The summed E-state index contributed by atoms with van der Waals surface area (Å²) in [7, 11) is -3.19. The number of rotatable bonds is 8. The van der Waals surface area contributed by atoms with E-state index >= 15 is 0 Å². The molecule has 0 aliphatic heterocycles. The molecule has 0 unspecified atom stereocenters. The first kappa shape index (κ1) is 17.6. The second-order valence-electron chi connectivity index (χ2n) is 5.54. The molecular formula is C18H20F2O2S. The number of halogens is 2. The predicted molar refractivity (Wildman–Crippen MR) is 88.1 cm³/mol. The van der Waals surface area contributed by atoms with E-state index in [0.29, 0.717) is 36.8 Å². The van der Waals surface area contributed by atoms with Gasteiger partial charge in [0.05, 0.1) is 11.5 Å². The summed E-state index contributed by atoms with van der Waals surface area (Å²) in [6, 6.07) is 12.8. The van der Waals surface area contributed by atoms with Crippen LogP contribution in [0.4, 0.5) is 8.78 Å². The van der Waals surface area contributed by atoms with E-state index in [9.17, 15) is 17.2 Å². The summed E-state index contributed by atoms with van der Waals surface area (Å²) in [4.78, 5) is 0. The van der Waals surface area contributed by atoms with Crippen molar-refractivity contribution in [3.63, 3.8) is 0 Å². The van der Waals surface area contributed by atoms with Gasteiger partial charge in [-0.2, -0.15) is 0 Å². The van der Waals surface area contributed by atoms with Crippen LogP contribution >= 0.6 is 0 Å². The number of benzene rings is 2. The van der Waals surface area contributed by atoms with Gasteiger partial charge in [-0.1, -0.05) is 36.4 Å². The quantitative estimate of drug-likeness (QED) is 0.730. The van der Waals surface area contributed by atoms with Gasteiger partial charge in [-0.05, 0) is 48.9 Å². The van der Waals surface area contributed by atoms with Gasteiger partial charge in [-0.25, -0.2) is 17.2 Å². The second-order valence-corrected chi connectivity index (χ2v) is 7.85. The Morgan fingerprint density at radius 2 is 1.09 bits per heavy atom. The molecule has 2 rings (SSSR count). The molecule has 0 aliphatic carbocycles. The molecule has 2 nitrogen and oxygen atoms in total. The molecule has 124 valence electrons. The van der Waals surface area contributed by atoms with Crippen LogP contribution in [-0.2, 0) is 22.7 Å². The third-order valence-corrected chi connectivity index (χ3v) is 5.54. The molecule has 5 heteroatoms. The van der Waals surface area contributed by atoms with E-state index in [2.05, 4.69) is 0 Å². The van der Waals surface area contributed by atoms with Crippen LogP contribution in [0.5, 0.6) is 0 Å². The highest BCUT2D eigenvalue weighted by Crippen LogP contribution is 2.12. The molecule has 0 heterocycles. The van der Waals surface area contributed by atoms with E-state index < -0.39 is 9.84 Å². The Balaban J connectivity index is 1.76. The Morgan fingerprint density at radius 1 is 0.696 bits per heavy atom. The number of hydrogen-bond acceptors (Lipinski definition) is 2. The van der Waals surface area contributed by atoms with Crippen molar-refractivity contribution in [2.24, 2.45) is 0 Å². The largest absolute Gasteiger partial charge is 0.229 e. The molecule has 0 saturated carbocycles. The van der Waals surface area contributed by atoms with Gasteiger partial charge in [0, 0.05) is 0 Å². The zero-order valence-electron chi connectivity index (χ0n) is 12.8. The van der Waals surface area contributed by atoms with Crippen LogP contribution in [0, 0.1) is 11.6 Å². The molecule has 0 aromatic heterocycles. The van der Waals surface area contributed by atoms with Gasteiger partial charge >= 0.3 is 0 Å². The molecule has 0 N–H and O–H groups in total. The lowest BCUT2D eigenvalue weighted by atomic mass is 10.1. The Bertz CT molecular complexity index is 685. The van der Waals surface area contributed by atoms with Crippen LogP contribution in [0.15, 0.2) is 48.5 Å². The fraction of sp³-hybridized carbons (Fsp3) is 0.333. The van der Waals surface area contributed by atoms with Crippen LogP contribution in [0.25, 0.3) is 0 Å². The van der Waals surface area contributed by atoms with E-state index in [0.717, 1.165) is 0 Å². The third-order valence-electron chi connectivity index (χ3n) is 3.72. The van der Waals surface area contributed by atoms with E-state index in [1.165, 1.54) is 12.1 Å². The summed E-state index contributed by atoms with van der Waals surface area (Å²) in [5, 5.41) is 0. The van der Waals surface area contributed by atoms with Crippen molar-refractivity contribution in [1.29, 1.82) is 0 Å². The van der Waals surface area contributed by atoms with Crippen molar-refractivity contribution in [1.82, 2.24) is 0 Å². The first-order chi connectivity index (χ1) is 11.0. The molecule has 2 aromatic carbocycles. The fourth-order valence-electron chi connectivity index (χ4n) is 2.47. The van der Waals surface area contributed by atoms with Gasteiger partial charge in [0.15, 0.2) is 0 Å². The molecule has 0 amide bonds. The molecule has 0 spiro atoms. The summed E-state index contributed by atoms with van der Waals surface area (Å²) in [6.07, 6.45) is 1.59. The minimum absolute atomic E-state index is 0.0264. The average Bonchev–Trinajstić information content (AvgIpc) is 2.51. The smallest absolute Gasteiger partial charge is 0.150 e. The number of hydrogen-bond donors (Lipinski definition) is 0. The summed E-state index contributed by atoms with van der Waals surface area (Å²) < 4.78 is 50.9. The van der Waals surface area contributed by atoms with Crippen molar-refractivity contribution in [2.75, 3.05) is 11.5 Å². The van der Waals surface area contributed by atoms with Gasteiger partial charge in [0.2, 0.25) is 0 Å². The molecule has 0 radical (unpaired) electrons. The third kappa shape index (κ3) is 5.75. The van der Waals surface area contributed by atoms with Crippen LogP contribution in [0.3, 0.4) is 0 Å². The van der Waals surface area contributed by atoms with E-state index in [4.69, 9.17) is 0 Å². The second kappa shape index (κ2) is 8.20. The van der Waals surface area contributed by atoms with Crippen LogP contribution in [-0.4, -0.2) is 19.9 Å². The van der Waals surface area contributed by atoms with Crippen molar-refractivity contribution < 1.29 is 17.2 Å². The van der Waals surface area contributed by atoms with Crippen molar-refractivity contribution >= 4 is 9.84 Å². The van der Waals surface area contributed by atoms with Gasteiger partial charge in [0.1, 0.15) is 21.5 Å².